The monoisotopic (exact) mass is 369 g/mol. The lowest BCUT2D eigenvalue weighted by molar-refractivity contribution is 0.239. The number of urea groups is 1. The molecular weight excluding hydrogens is 349 g/mol. The molecule has 27 heavy (non-hydrogen) atoms. The number of aromatic nitrogens is 4. The molecule has 1 fully saturated rings. The topological polar surface area (TPSA) is 96.8 Å². The average Bonchev–Trinajstić information content (AvgIpc) is 3.18. The Labute approximate surface area is 155 Å². The number of pyridine rings is 2. The first-order valence-corrected chi connectivity index (χ1v) is 8.69. The van der Waals surface area contributed by atoms with Gasteiger partial charge < -0.3 is 10.6 Å². The maximum absolute atomic E-state index is 13.6. The summed E-state index contributed by atoms with van der Waals surface area (Å²) in [7, 11) is 1.83. The Bertz CT molecular complexity index is 1000. The summed E-state index contributed by atoms with van der Waals surface area (Å²) >= 11 is 0. The van der Waals surface area contributed by atoms with E-state index in [0.717, 1.165) is 27.9 Å². The number of nitrogens with zero attached hydrogens (tertiary/aromatic N) is 4. The number of nitrogens with one attached hydrogen (secondary N) is 3. The molecule has 3 aromatic heterocycles. The van der Waals surface area contributed by atoms with Crippen LogP contribution in [0.2, 0.25) is 0 Å². The van der Waals surface area contributed by atoms with Crippen molar-refractivity contribution < 1.29 is 9.18 Å². The number of carbonyl (C=O) groups excluding carboxylic acids is 1. The lowest BCUT2D eigenvalue weighted by atomic mass is 10.1. The van der Waals surface area contributed by atoms with Crippen molar-refractivity contribution in [3.8, 4) is 11.3 Å². The number of anilines is 1. The lowest BCUT2D eigenvalue weighted by Gasteiger charge is -2.14. The molecule has 0 bridgehead atoms. The molecule has 4 heterocycles. The van der Waals surface area contributed by atoms with Gasteiger partial charge >= 0.3 is 6.03 Å². The number of hydrogen-bond acceptors (Lipinski definition) is 5. The number of fused-ring (bicyclic) bond motifs is 1. The highest BCUT2D eigenvalue weighted by molar-refractivity contribution is 5.96. The number of halogens is 1. The van der Waals surface area contributed by atoms with E-state index in [1.807, 2.05) is 26.1 Å². The van der Waals surface area contributed by atoms with Gasteiger partial charge in [-0.3, -0.25) is 15.0 Å². The smallest absolute Gasteiger partial charge is 0.320 e. The van der Waals surface area contributed by atoms with Gasteiger partial charge in [0, 0.05) is 55.2 Å². The molecule has 1 aliphatic heterocycles. The number of aryl methyl sites for hydroxylation is 2. The molecule has 2 amide bonds. The van der Waals surface area contributed by atoms with Crippen LogP contribution in [-0.2, 0) is 7.05 Å². The summed E-state index contributed by atoms with van der Waals surface area (Å²) < 4.78 is 15.3. The maximum Gasteiger partial charge on any atom is 0.320 e. The molecule has 3 N–H and O–H groups in total. The summed E-state index contributed by atoms with van der Waals surface area (Å²) in [4.78, 5) is 20.6. The molecular formula is C18H20FN7O. The highest BCUT2D eigenvalue weighted by atomic mass is 19.1. The summed E-state index contributed by atoms with van der Waals surface area (Å²) in [6.45, 7) is 2.59. The molecule has 0 unspecified atom stereocenters. The van der Waals surface area contributed by atoms with Gasteiger partial charge in [0.25, 0.3) is 0 Å². The van der Waals surface area contributed by atoms with Crippen LogP contribution in [0.15, 0.2) is 30.6 Å². The van der Waals surface area contributed by atoms with Gasteiger partial charge in [-0.05, 0) is 19.1 Å². The van der Waals surface area contributed by atoms with Crippen LogP contribution in [0, 0.1) is 6.92 Å². The second kappa shape index (κ2) is 6.92. The van der Waals surface area contributed by atoms with Gasteiger partial charge in [0.1, 0.15) is 17.7 Å². The standard InChI is InChI=1S/C18H20FN7O/c1-10-5-11(3-4-21-10)17-12-7-22-16(6-15(12)26(2)25-17)24-18(27)23-14-9-20-8-13(14)19/h3-7,13-14,20H,8-9H2,1-2H3,(H2,22,23,24,27)/t13-,14-/m0/s1. The summed E-state index contributed by atoms with van der Waals surface area (Å²) in [5, 5.41) is 13.6. The van der Waals surface area contributed by atoms with Crippen molar-refractivity contribution in [2.45, 2.75) is 19.1 Å². The summed E-state index contributed by atoms with van der Waals surface area (Å²) in [5.41, 5.74) is 3.49. The predicted octanol–water partition coefficient (Wildman–Crippen LogP) is 1.77. The Kier molecular flexibility index (Phi) is 4.44. The second-order valence-corrected chi connectivity index (χ2v) is 6.62. The minimum atomic E-state index is -1.09. The Morgan fingerprint density at radius 3 is 2.93 bits per heavy atom. The first-order chi connectivity index (χ1) is 13.0. The van der Waals surface area contributed by atoms with E-state index in [2.05, 4.69) is 31.0 Å². The van der Waals surface area contributed by atoms with Gasteiger partial charge in [-0.25, -0.2) is 14.2 Å². The Balaban J connectivity index is 1.58. The highest BCUT2D eigenvalue weighted by Crippen LogP contribution is 2.28. The first kappa shape index (κ1) is 17.3. The fourth-order valence-electron chi connectivity index (χ4n) is 3.24. The number of carbonyl (C=O) groups is 1. The summed E-state index contributed by atoms with van der Waals surface area (Å²) in [6, 6.07) is 4.60. The van der Waals surface area contributed by atoms with Crippen LogP contribution in [0.1, 0.15) is 5.69 Å². The van der Waals surface area contributed by atoms with Crippen LogP contribution >= 0.6 is 0 Å². The minimum absolute atomic E-state index is 0.251. The zero-order chi connectivity index (χ0) is 19.0. The SMILES string of the molecule is Cc1cc(-c2nn(C)c3cc(NC(=O)N[C@H]4CNC[C@@H]4F)ncc23)ccn1. The third-order valence-electron chi connectivity index (χ3n) is 4.60. The third kappa shape index (κ3) is 3.45. The molecule has 4 rings (SSSR count). The fourth-order valence-corrected chi connectivity index (χ4v) is 3.24. The van der Waals surface area contributed by atoms with Gasteiger partial charge in [0.05, 0.1) is 11.6 Å². The predicted molar refractivity (Wildman–Crippen MR) is 100 cm³/mol. The van der Waals surface area contributed by atoms with Crippen LogP contribution in [0.4, 0.5) is 15.0 Å². The molecule has 0 aliphatic carbocycles. The van der Waals surface area contributed by atoms with E-state index in [1.165, 1.54) is 0 Å². The average molecular weight is 369 g/mol. The van der Waals surface area contributed by atoms with Crippen LogP contribution < -0.4 is 16.0 Å². The number of hydrogen-bond donors (Lipinski definition) is 3. The molecule has 0 aromatic carbocycles. The molecule has 3 aromatic rings. The van der Waals surface area contributed by atoms with Crippen molar-refractivity contribution >= 4 is 22.8 Å². The van der Waals surface area contributed by atoms with E-state index in [4.69, 9.17) is 0 Å². The largest absolute Gasteiger partial charge is 0.331 e. The summed E-state index contributed by atoms with van der Waals surface area (Å²) in [6.07, 6.45) is 2.34. The highest BCUT2D eigenvalue weighted by Gasteiger charge is 2.28. The van der Waals surface area contributed by atoms with E-state index < -0.39 is 18.2 Å². The van der Waals surface area contributed by atoms with E-state index in [1.54, 1.807) is 23.1 Å². The van der Waals surface area contributed by atoms with Crippen molar-refractivity contribution in [2.24, 2.45) is 7.05 Å². The molecule has 0 saturated carbocycles. The van der Waals surface area contributed by atoms with Crippen molar-refractivity contribution in [3.63, 3.8) is 0 Å². The Morgan fingerprint density at radius 1 is 1.33 bits per heavy atom. The fraction of sp³-hybridized carbons (Fsp3) is 0.333. The van der Waals surface area contributed by atoms with Gasteiger partial charge in [-0.15, -0.1) is 0 Å². The van der Waals surface area contributed by atoms with Gasteiger partial charge in [-0.1, -0.05) is 0 Å². The Morgan fingerprint density at radius 2 is 2.19 bits per heavy atom. The van der Waals surface area contributed by atoms with E-state index in [0.29, 0.717) is 12.4 Å². The molecule has 1 aliphatic rings. The van der Waals surface area contributed by atoms with E-state index in [9.17, 15) is 9.18 Å². The normalized spacial score (nSPS) is 19.4. The lowest BCUT2D eigenvalue weighted by Crippen LogP contribution is -2.43. The van der Waals surface area contributed by atoms with Crippen molar-refractivity contribution in [1.29, 1.82) is 0 Å². The zero-order valence-corrected chi connectivity index (χ0v) is 15.0. The van der Waals surface area contributed by atoms with Crippen LogP contribution in [0.25, 0.3) is 22.2 Å². The minimum Gasteiger partial charge on any atom is -0.331 e. The number of alkyl halides is 1. The van der Waals surface area contributed by atoms with Crippen LogP contribution in [-0.4, -0.2) is 51.1 Å². The molecule has 0 radical (unpaired) electrons. The van der Waals surface area contributed by atoms with Crippen molar-refractivity contribution in [1.82, 2.24) is 30.4 Å². The maximum atomic E-state index is 13.6. The summed E-state index contributed by atoms with van der Waals surface area (Å²) in [5.74, 6) is 0.377. The van der Waals surface area contributed by atoms with E-state index >= 15 is 0 Å². The Hall–Kier alpha value is -3.07. The van der Waals surface area contributed by atoms with Gasteiger partial charge in [0.2, 0.25) is 0 Å². The van der Waals surface area contributed by atoms with Gasteiger partial charge in [-0.2, -0.15) is 5.10 Å². The van der Waals surface area contributed by atoms with Crippen LogP contribution in [0.5, 0.6) is 0 Å². The molecule has 2 atom stereocenters. The number of rotatable bonds is 3. The molecule has 140 valence electrons. The quantitative estimate of drug-likeness (QED) is 0.654. The first-order valence-electron chi connectivity index (χ1n) is 8.69. The zero-order valence-electron chi connectivity index (χ0n) is 15.0. The van der Waals surface area contributed by atoms with Crippen molar-refractivity contribution in [2.75, 3.05) is 18.4 Å². The molecule has 1 saturated heterocycles. The number of amides is 2. The third-order valence-corrected chi connectivity index (χ3v) is 4.60. The molecule has 0 spiro atoms. The van der Waals surface area contributed by atoms with E-state index in [-0.39, 0.29) is 6.54 Å². The van der Waals surface area contributed by atoms with Gasteiger partial charge in [0.15, 0.2) is 0 Å². The second-order valence-electron chi connectivity index (χ2n) is 6.62. The van der Waals surface area contributed by atoms with Crippen molar-refractivity contribution in [3.05, 3.63) is 36.3 Å². The van der Waals surface area contributed by atoms with Crippen LogP contribution in [0.3, 0.4) is 0 Å². The molecule has 9 heteroatoms. The molecule has 8 nitrogen and oxygen atoms in total.